The van der Waals surface area contributed by atoms with Crippen molar-refractivity contribution in [3.63, 3.8) is 0 Å². The molecule has 0 radical (unpaired) electrons. The SMILES string of the molecule is OCC(CO)NCc1cccc(Cl)c1Cl. The Bertz CT molecular complexity index is 316. The van der Waals surface area contributed by atoms with Crippen LogP contribution in [0.2, 0.25) is 10.0 Å². The van der Waals surface area contributed by atoms with Crippen LogP contribution in [-0.2, 0) is 6.54 Å². The molecule has 1 rings (SSSR count). The van der Waals surface area contributed by atoms with Crippen molar-refractivity contribution in [1.82, 2.24) is 5.32 Å². The molecular weight excluding hydrogens is 237 g/mol. The molecule has 1 aromatic rings. The molecule has 0 heterocycles. The summed E-state index contributed by atoms with van der Waals surface area (Å²) in [5.41, 5.74) is 0.844. The van der Waals surface area contributed by atoms with Crippen molar-refractivity contribution < 1.29 is 10.2 Å². The number of aliphatic hydroxyl groups excluding tert-OH is 2. The van der Waals surface area contributed by atoms with Gasteiger partial charge in [0.1, 0.15) is 0 Å². The summed E-state index contributed by atoms with van der Waals surface area (Å²) in [4.78, 5) is 0. The molecule has 0 aliphatic carbocycles. The molecule has 5 heteroatoms. The number of benzene rings is 1. The van der Waals surface area contributed by atoms with Crippen molar-refractivity contribution in [3.8, 4) is 0 Å². The predicted octanol–water partition coefficient (Wildman–Crippen LogP) is 1.44. The van der Waals surface area contributed by atoms with E-state index in [1.165, 1.54) is 0 Å². The number of halogens is 2. The monoisotopic (exact) mass is 249 g/mol. The molecule has 1 aromatic carbocycles. The molecule has 0 aliphatic rings. The Hall–Kier alpha value is -0.320. The molecule has 0 aliphatic heterocycles. The van der Waals surface area contributed by atoms with E-state index < -0.39 is 0 Å². The van der Waals surface area contributed by atoms with E-state index in [0.29, 0.717) is 16.6 Å². The summed E-state index contributed by atoms with van der Waals surface area (Å²) in [6, 6.07) is 5.02. The summed E-state index contributed by atoms with van der Waals surface area (Å²) >= 11 is 11.8. The molecule has 0 fully saturated rings. The maximum Gasteiger partial charge on any atom is 0.0637 e. The molecule has 3 nitrogen and oxygen atoms in total. The van der Waals surface area contributed by atoms with Gasteiger partial charge in [0.05, 0.1) is 29.3 Å². The zero-order chi connectivity index (χ0) is 11.3. The van der Waals surface area contributed by atoms with Gasteiger partial charge in [0.25, 0.3) is 0 Å². The minimum atomic E-state index is -0.333. The number of nitrogens with one attached hydrogen (secondary N) is 1. The largest absolute Gasteiger partial charge is 0.395 e. The normalized spacial score (nSPS) is 11.0. The highest BCUT2D eigenvalue weighted by Crippen LogP contribution is 2.25. The predicted molar refractivity (Wildman–Crippen MR) is 61.3 cm³/mol. The van der Waals surface area contributed by atoms with Crippen LogP contribution in [0.1, 0.15) is 5.56 Å². The summed E-state index contributed by atoms with van der Waals surface area (Å²) in [5.74, 6) is 0. The Labute approximate surface area is 98.6 Å². The van der Waals surface area contributed by atoms with Gasteiger partial charge in [0.2, 0.25) is 0 Å². The molecule has 0 saturated carbocycles. The lowest BCUT2D eigenvalue weighted by atomic mass is 10.2. The highest BCUT2D eigenvalue weighted by molar-refractivity contribution is 6.42. The molecular formula is C10H13Cl2NO2. The summed E-state index contributed by atoms with van der Waals surface area (Å²) in [6.45, 7) is 0.231. The van der Waals surface area contributed by atoms with Crippen molar-refractivity contribution in [3.05, 3.63) is 33.8 Å². The second kappa shape index (κ2) is 6.30. The van der Waals surface area contributed by atoms with Crippen molar-refractivity contribution in [2.75, 3.05) is 13.2 Å². The molecule has 0 bridgehead atoms. The van der Waals surface area contributed by atoms with Gasteiger partial charge in [0, 0.05) is 6.54 Å². The van der Waals surface area contributed by atoms with E-state index >= 15 is 0 Å². The third-order valence-corrected chi connectivity index (χ3v) is 2.91. The van der Waals surface area contributed by atoms with Gasteiger partial charge in [-0.15, -0.1) is 0 Å². The smallest absolute Gasteiger partial charge is 0.0637 e. The maximum atomic E-state index is 8.85. The Morgan fingerprint density at radius 2 is 1.87 bits per heavy atom. The lowest BCUT2D eigenvalue weighted by molar-refractivity contribution is 0.170. The van der Waals surface area contributed by atoms with Gasteiger partial charge in [-0.1, -0.05) is 35.3 Å². The van der Waals surface area contributed by atoms with Crippen LogP contribution in [0.15, 0.2) is 18.2 Å². The summed E-state index contributed by atoms with van der Waals surface area (Å²) in [6.07, 6.45) is 0. The molecule has 0 atom stereocenters. The molecule has 0 saturated heterocycles. The molecule has 0 aromatic heterocycles. The van der Waals surface area contributed by atoms with Gasteiger partial charge in [0.15, 0.2) is 0 Å². The van der Waals surface area contributed by atoms with Crippen molar-refractivity contribution in [1.29, 1.82) is 0 Å². The van der Waals surface area contributed by atoms with Crippen LogP contribution in [0.25, 0.3) is 0 Å². The van der Waals surface area contributed by atoms with Crippen molar-refractivity contribution in [2.24, 2.45) is 0 Å². The Balaban J connectivity index is 2.61. The third kappa shape index (κ3) is 3.63. The van der Waals surface area contributed by atoms with Crippen LogP contribution in [0.3, 0.4) is 0 Å². The van der Waals surface area contributed by atoms with Gasteiger partial charge in [-0.3, -0.25) is 0 Å². The number of hydrogen-bond donors (Lipinski definition) is 3. The van der Waals surface area contributed by atoms with Crippen LogP contribution in [0.5, 0.6) is 0 Å². The minimum absolute atomic E-state index is 0.116. The number of rotatable bonds is 5. The second-order valence-electron chi connectivity index (χ2n) is 3.16. The molecule has 3 N–H and O–H groups in total. The highest BCUT2D eigenvalue weighted by Gasteiger charge is 2.07. The zero-order valence-electron chi connectivity index (χ0n) is 8.08. The van der Waals surface area contributed by atoms with Gasteiger partial charge in [-0.05, 0) is 11.6 Å². The van der Waals surface area contributed by atoms with Gasteiger partial charge in [-0.25, -0.2) is 0 Å². The summed E-state index contributed by atoms with van der Waals surface area (Å²) in [7, 11) is 0. The van der Waals surface area contributed by atoms with E-state index in [2.05, 4.69) is 5.32 Å². The van der Waals surface area contributed by atoms with E-state index in [1.54, 1.807) is 12.1 Å². The zero-order valence-corrected chi connectivity index (χ0v) is 9.59. The minimum Gasteiger partial charge on any atom is -0.395 e. The lowest BCUT2D eigenvalue weighted by Crippen LogP contribution is -2.35. The first kappa shape index (κ1) is 12.7. The Kier molecular flexibility index (Phi) is 5.36. The Morgan fingerprint density at radius 1 is 1.20 bits per heavy atom. The quantitative estimate of drug-likeness (QED) is 0.741. The topological polar surface area (TPSA) is 52.5 Å². The fourth-order valence-corrected chi connectivity index (χ4v) is 1.51. The van der Waals surface area contributed by atoms with Crippen LogP contribution in [-0.4, -0.2) is 29.5 Å². The number of hydrogen-bond acceptors (Lipinski definition) is 3. The summed E-state index contributed by atoms with van der Waals surface area (Å²) < 4.78 is 0. The molecule has 0 amide bonds. The number of aliphatic hydroxyl groups is 2. The molecule has 84 valence electrons. The van der Waals surface area contributed by atoms with Crippen LogP contribution in [0.4, 0.5) is 0 Å². The fourth-order valence-electron chi connectivity index (χ4n) is 1.13. The lowest BCUT2D eigenvalue weighted by Gasteiger charge is -2.14. The van der Waals surface area contributed by atoms with E-state index in [4.69, 9.17) is 33.4 Å². The standard InChI is InChI=1S/C10H13Cl2NO2/c11-9-3-1-2-7(10(9)12)4-13-8(5-14)6-15/h1-3,8,13-15H,4-6H2. The average Bonchev–Trinajstić information content (AvgIpc) is 2.25. The highest BCUT2D eigenvalue weighted by atomic mass is 35.5. The van der Waals surface area contributed by atoms with E-state index in [9.17, 15) is 0 Å². The first-order valence-corrected chi connectivity index (χ1v) is 5.32. The van der Waals surface area contributed by atoms with E-state index in [-0.39, 0.29) is 19.3 Å². The van der Waals surface area contributed by atoms with E-state index in [1.807, 2.05) is 6.07 Å². The average molecular weight is 250 g/mol. The first-order valence-electron chi connectivity index (χ1n) is 4.57. The molecule has 0 unspecified atom stereocenters. The second-order valence-corrected chi connectivity index (χ2v) is 3.94. The van der Waals surface area contributed by atoms with Crippen molar-refractivity contribution in [2.45, 2.75) is 12.6 Å². The fraction of sp³-hybridized carbons (Fsp3) is 0.400. The van der Waals surface area contributed by atoms with Crippen LogP contribution >= 0.6 is 23.2 Å². The third-order valence-electron chi connectivity index (χ3n) is 2.05. The van der Waals surface area contributed by atoms with Gasteiger partial charge >= 0.3 is 0 Å². The van der Waals surface area contributed by atoms with Crippen LogP contribution in [0, 0.1) is 0 Å². The van der Waals surface area contributed by atoms with E-state index in [0.717, 1.165) is 5.56 Å². The first-order chi connectivity index (χ1) is 7.19. The molecule has 0 spiro atoms. The van der Waals surface area contributed by atoms with Crippen molar-refractivity contribution >= 4 is 23.2 Å². The summed E-state index contributed by atoms with van der Waals surface area (Å²) in [5, 5.41) is 21.7. The van der Waals surface area contributed by atoms with Gasteiger partial charge < -0.3 is 15.5 Å². The van der Waals surface area contributed by atoms with Crippen LogP contribution < -0.4 is 5.32 Å². The molecule has 15 heavy (non-hydrogen) atoms. The maximum absolute atomic E-state index is 8.85. The van der Waals surface area contributed by atoms with Gasteiger partial charge in [-0.2, -0.15) is 0 Å². The Morgan fingerprint density at radius 3 is 2.47 bits per heavy atom.